The van der Waals surface area contributed by atoms with Gasteiger partial charge in [-0.25, -0.2) is 0 Å². The van der Waals surface area contributed by atoms with Crippen molar-refractivity contribution < 1.29 is 9.53 Å². The average Bonchev–Trinajstić information content (AvgIpc) is 2.50. The van der Waals surface area contributed by atoms with Crippen molar-refractivity contribution in [3.05, 3.63) is 70.8 Å². The van der Waals surface area contributed by atoms with Crippen molar-refractivity contribution in [1.82, 2.24) is 5.32 Å². The first-order chi connectivity index (χ1) is 10.6. The molecule has 0 saturated heterocycles. The predicted molar refractivity (Wildman–Crippen MR) is 89.8 cm³/mol. The van der Waals surface area contributed by atoms with E-state index in [9.17, 15) is 4.79 Å². The van der Waals surface area contributed by atoms with Gasteiger partial charge < -0.3 is 10.1 Å². The summed E-state index contributed by atoms with van der Waals surface area (Å²) in [5.41, 5.74) is 4.49. The topological polar surface area (TPSA) is 38.3 Å². The first-order valence-corrected chi connectivity index (χ1v) is 7.24. The lowest BCUT2D eigenvalue weighted by Crippen LogP contribution is -2.20. The molecule has 22 heavy (non-hydrogen) atoms. The molecule has 1 amide bonds. The lowest BCUT2D eigenvalue weighted by molar-refractivity contribution is -0.116. The summed E-state index contributed by atoms with van der Waals surface area (Å²) in [7, 11) is 1.63. The minimum atomic E-state index is -0.102. The Labute approximate surface area is 131 Å². The van der Waals surface area contributed by atoms with Gasteiger partial charge in [0.05, 0.1) is 7.11 Å². The Morgan fingerprint density at radius 3 is 2.32 bits per heavy atom. The van der Waals surface area contributed by atoms with Crippen molar-refractivity contribution in [1.29, 1.82) is 0 Å². The van der Waals surface area contributed by atoms with E-state index in [0.717, 1.165) is 16.9 Å². The molecule has 2 aromatic rings. The Kier molecular flexibility index (Phi) is 5.37. The number of benzene rings is 2. The molecule has 3 heteroatoms. The first kappa shape index (κ1) is 15.8. The van der Waals surface area contributed by atoms with Crippen molar-refractivity contribution in [2.45, 2.75) is 20.4 Å². The van der Waals surface area contributed by atoms with E-state index in [1.54, 1.807) is 19.3 Å². The highest BCUT2D eigenvalue weighted by Crippen LogP contribution is 2.12. The van der Waals surface area contributed by atoms with Crippen LogP contribution in [-0.2, 0) is 11.3 Å². The Morgan fingerprint density at radius 2 is 1.73 bits per heavy atom. The van der Waals surface area contributed by atoms with Crippen molar-refractivity contribution in [3.63, 3.8) is 0 Å². The van der Waals surface area contributed by atoms with Gasteiger partial charge in [-0.15, -0.1) is 0 Å². The normalized spacial score (nSPS) is 10.7. The minimum absolute atomic E-state index is 0.102. The van der Waals surface area contributed by atoms with E-state index in [-0.39, 0.29) is 5.91 Å². The maximum Gasteiger partial charge on any atom is 0.244 e. The lowest BCUT2D eigenvalue weighted by Gasteiger charge is -2.05. The predicted octanol–water partition coefficient (Wildman–Crippen LogP) is 3.64. The third-order valence-electron chi connectivity index (χ3n) is 3.29. The molecule has 2 aromatic carbocycles. The van der Waals surface area contributed by atoms with Gasteiger partial charge in [0.1, 0.15) is 5.75 Å². The molecule has 0 aliphatic carbocycles. The lowest BCUT2D eigenvalue weighted by atomic mass is 10.1. The number of carbonyl (C=O) groups excluding carboxylic acids is 1. The Balaban J connectivity index is 1.90. The van der Waals surface area contributed by atoms with Crippen LogP contribution in [0.3, 0.4) is 0 Å². The van der Waals surface area contributed by atoms with Crippen molar-refractivity contribution in [2.24, 2.45) is 0 Å². The summed E-state index contributed by atoms with van der Waals surface area (Å²) >= 11 is 0. The summed E-state index contributed by atoms with van der Waals surface area (Å²) in [6, 6.07) is 13.8. The molecule has 0 spiro atoms. The van der Waals surface area contributed by atoms with Gasteiger partial charge in [-0.3, -0.25) is 4.79 Å². The minimum Gasteiger partial charge on any atom is -0.497 e. The SMILES string of the molecule is COc1ccc(/C=C/C(=O)NCc2cc(C)cc(C)c2)cc1. The molecule has 0 aliphatic heterocycles. The van der Waals surface area contributed by atoms with Gasteiger partial charge >= 0.3 is 0 Å². The fourth-order valence-corrected chi connectivity index (χ4v) is 2.31. The zero-order chi connectivity index (χ0) is 15.9. The van der Waals surface area contributed by atoms with E-state index < -0.39 is 0 Å². The number of nitrogens with one attached hydrogen (secondary N) is 1. The number of hydrogen-bond acceptors (Lipinski definition) is 2. The fourth-order valence-electron chi connectivity index (χ4n) is 2.31. The Morgan fingerprint density at radius 1 is 1.09 bits per heavy atom. The highest BCUT2D eigenvalue weighted by Gasteiger charge is 1.99. The molecule has 0 aromatic heterocycles. The van der Waals surface area contributed by atoms with E-state index in [0.29, 0.717) is 6.54 Å². The molecular weight excluding hydrogens is 274 g/mol. The number of hydrogen-bond donors (Lipinski definition) is 1. The largest absolute Gasteiger partial charge is 0.497 e. The van der Waals surface area contributed by atoms with Crippen LogP contribution in [0.1, 0.15) is 22.3 Å². The molecule has 0 radical (unpaired) electrons. The Bertz CT molecular complexity index is 652. The Hall–Kier alpha value is -2.55. The average molecular weight is 295 g/mol. The molecule has 114 valence electrons. The molecular formula is C19H21NO2. The van der Waals surface area contributed by atoms with E-state index in [2.05, 4.69) is 37.4 Å². The van der Waals surface area contributed by atoms with Crippen molar-refractivity contribution >= 4 is 12.0 Å². The molecule has 0 bridgehead atoms. The van der Waals surface area contributed by atoms with Gasteiger partial charge in [-0.2, -0.15) is 0 Å². The number of ether oxygens (including phenoxy) is 1. The molecule has 0 atom stereocenters. The number of carbonyl (C=O) groups is 1. The van der Waals surface area contributed by atoms with Crippen molar-refractivity contribution in [2.75, 3.05) is 7.11 Å². The highest BCUT2D eigenvalue weighted by molar-refractivity contribution is 5.91. The van der Waals surface area contributed by atoms with Gasteiger partial charge in [0.2, 0.25) is 5.91 Å². The van der Waals surface area contributed by atoms with Gasteiger partial charge in [-0.1, -0.05) is 41.5 Å². The molecule has 0 unspecified atom stereocenters. The third kappa shape index (κ3) is 4.77. The summed E-state index contributed by atoms with van der Waals surface area (Å²) in [4.78, 5) is 11.9. The number of methoxy groups -OCH3 is 1. The summed E-state index contributed by atoms with van der Waals surface area (Å²) in [5.74, 6) is 0.700. The van der Waals surface area contributed by atoms with Gasteiger partial charge in [0, 0.05) is 12.6 Å². The van der Waals surface area contributed by atoms with Crippen LogP contribution in [0.15, 0.2) is 48.5 Å². The van der Waals surface area contributed by atoms with E-state index in [4.69, 9.17) is 4.74 Å². The van der Waals surface area contributed by atoms with Crippen LogP contribution in [-0.4, -0.2) is 13.0 Å². The maximum atomic E-state index is 11.9. The van der Waals surface area contributed by atoms with Crippen LogP contribution >= 0.6 is 0 Å². The quantitative estimate of drug-likeness (QED) is 0.855. The van der Waals surface area contributed by atoms with E-state index in [1.165, 1.54) is 11.1 Å². The van der Waals surface area contributed by atoms with Crippen LogP contribution in [0.4, 0.5) is 0 Å². The third-order valence-corrected chi connectivity index (χ3v) is 3.29. The smallest absolute Gasteiger partial charge is 0.244 e. The highest BCUT2D eigenvalue weighted by atomic mass is 16.5. The zero-order valence-corrected chi connectivity index (χ0v) is 13.2. The summed E-state index contributed by atoms with van der Waals surface area (Å²) in [6.45, 7) is 4.65. The van der Waals surface area contributed by atoms with Gasteiger partial charge in [-0.05, 0) is 43.2 Å². The van der Waals surface area contributed by atoms with Crippen LogP contribution in [0, 0.1) is 13.8 Å². The molecule has 3 nitrogen and oxygen atoms in total. The fraction of sp³-hybridized carbons (Fsp3) is 0.211. The second kappa shape index (κ2) is 7.46. The van der Waals surface area contributed by atoms with Crippen LogP contribution < -0.4 is 10.1 Å². The number of rotatable bonds is 5. The van der Waals surface area contributed by atoms with Crippen LogP contribution in [0.2, 0.25) is 0 Å². The number of aryl methyl sites for hydroxylation is 2. The first-order valence-electron chi connectivity index (χ1n) is 7.24. The number of amides is 1. The van der Waals surface area contributed by atoms with Crippen LogP contribution in [0.25, 0.3) is 6.08 Å². The van der Waals surface area contributed by atoms with Crippen LogP contribution in [0.5, 0.6) is 5.75 Å². The second-order valence-electron chi connectivity index (χ2n) is 5.32. The molecule has 1 N–H and O–H groups in total. The maximum absolute atomic E-state index is 11.9. The summed E-state index contributed by atoms with van der Waals surface area (Å²) in [5, 5.41) is 2.90. The molecule has 0 heterocycles. The second-order valence-corrected chi connectivity index (χ2v) is 5.32. The van der Waals surface area contributed by atoms with E-state index in [1.807, 2.05) is 24.3 Å². The standard InChI is InChI=1S/C19H21NO2/c1-14-10-15(2)12-17(11-14)13-20-19(21)9-6-16-4-7-18(22-3)8-5-16/h4-12H,13H2,1-3H3,(H,20,21)/b9-6+. The molecule has 0 saturated carbocycles. The molecule has 0 aliphatic rings. The van der Waals surface area contributed by atoms with Crippen molar-refractivity contribution in [3.8, 4) is 5.75 Å². The zero-order valence-electron chi connectivity index (χ0n) is 13.2. The molecule has 2 rings (SSSR count). The van der Waals surface area contributed by atoms with Gasteiger partial charge in [0.15, 0.2) is 0 Å². The van der Waals surface area contributed by atoms with E-state index >= 15 is 0 Å². The van der Waals surface area contributed by atoms with Gasteiger partial charge in [0.25, 0.3) is 0 Å². The monoisotopic (exact) mass is 295 g/mol. The molecule has 0 fully saturated rings. The summed E-state index contributed by atoms with van der Waals surface area (Å²) in [6.07, 6.45) is 3.33. The summed E-state index contributed by atoms with van der Waals surface area (Å²) < 4.78 is 5.10.